The van der Waals surface area contributed by atoms with Crippen LogP contribution in [0.15, 0.2) is 30.3 Å². The fraction of sp³-hybridized carbons (Fsp3) is 0.154. The first-order chi connectivity index (χ1) is 8.08. The van der Waals surface area contributed by atoms with Crippen molar-refractivity contribution in [3.05, 3.63) is 46.6 Å². The minimum atomic E-state index is 0.339. The van der Waals surface area contributed by atoms with E-state index < -0.39 is 0 Å². The third-order valence-electron chi connectivity index (χ3n) is 2.62. The van der Waals surface area contributed by atoms with Gasteiger partial charge in [0.05, 0.1) is 5.69 Å². The molecule has 0 saturated carbocycles. The lowest BCUT2D eigenvalue weighted by molar-refractivity contribution is 0.462. The number of benzene rings is 1. The standard InChI is InChI=1S/C13H13ClN2O/c1-8-4-3-5-11(9(8)2)17-13-10(15)6-7-12(14)16-13/h3-7H,15H2,1-2H3. The largest absolute Gasteiger partial charge is 0.437 e. The van der Waals surface area contributed by atoms with E-state index in [2.05, 4.69) is 4.98 Å². The van der Waals surface area contributed by atoms with Gasteiger partial charge in [0.1, 0.15) is 10.9 Å². The Labute approximate surface area is 105 Å². The molecule has 0 aliphatic heterocycles. The van der Waals surface area contributed by atoms with Crippen LogP contribution in [0.1, 0.15) is 11.1 Å². The zero-order chi connectivity index (χ0) is 12.4. The van der Waals surface area contributed by atoms with Crippen LogP contribution in [0.25, 0.3) is 0 Å². The summed E-state index contributed by atoms with van der Waals surface area (Å²) in [7, 11) is 0. The highest BCUT2D eigenvalue weighted by atomic mass is 35.5. The van der Waals surface area contributed by atoms with E-state index >= 15 is 0 Å². The summed E-state index contributed by atoms with van der Waals surface area (Å²) >= 11 is 5.81. The maximum absolute atomic E-state index is 5.81. The average Bonchev–Trinajstić information content (AvgIpc) is 2.30. The summed E-state index contributed by atoms with van der Waals surface area (Å²) in [4.78, 5) is 4.06. The van der Waals surface area contributed by atoms with Crippen molar-refractivity contribution in [1.29, 1.82) is 0 Å². The van der Waals surface area contributed by atoms with Crippen LogP contribution >= 0.6 is 11.6 Å². The molecule has 1 heterocycles. The molecule has 4 heteroatoms. The van der Waals surface area contributed by atoms with Crippen LogP contribution < -0.4 is 10.5 Å². The van der Waals surface area contributed by atoms with Crippen molar-refractivity contribution in [2.75, 3.05) is 5.73 Å². The third-order valence-corrected chi connectivity index (χ3v) is 2.83. The molecule has 2 aromatic rings. The molecule has 88 valence electrons. The number of hydrogen-bond donors (Lipinski definition) is 1. The van der Waals surface area contributed by atoms with E-state index in [4.69, 9.17) is 22.1 Å². The summed E-state index contributed by atoms with van der Waals surface area (Å²) < 4.78 is 5.68. The Bertz CT molecular complexity index is 555. The molecule has 0 fully saturated rings. The number of ether oxygens (including phenoxy) is 1. The van der Waals surface area contributed by atoms with Gasteiger partial charge < -0.3 is 10.5 Å². The highest BCUT2D eigenvalue weighted by molar-refractivity contribution is 6.29. The minimum Gasteiger partial charge on any atom is -0.437 e. The number of nitrogens with two attached hydrogens (primary N) is 1. The predicted molar refractivity (Wildman–Crippen MR) is 69.6 cm³/mol. The monoisotopic (exact) mass is 248 g/mol. The van der Waals surface area contributed by atoms with Gasteiger partial charge in [0, 0.05) is 0 Å². The number of nitrogens with zero attached hydrogens (tertiary/aromatic N) is 1. The van der Waals surface area contributed by atoms with E-state index in [1.807, 2.05) is 32.0 Å². The number of nitrogen functional groups attached to an aromatic ring is 1. The molecule has 2 N–H and O–H groups in total. The number of anilines is 1. The maximum Gasteiger partial charge on any atom is 0.244 e. The van der Waals surface area contributed by atoms with Gasteiger partial charge in [-0.3, -0.25) is 0 Å². The molecule has 2 rings (SSSR count). The number of aryl methyl sites for hydroxylation is 1. The molecule has 0 bridgehead atoms. The molecule has 1 aromatic heterocycles. The molecule has 3 nitrogen and oxygen atoms in total. The lowest BCUT2D eigenvalue weighted by Gasteiger charge is -2.11. The number of aromatic nitrogens is 1. The highest BCUT2D eigenvalue weighted by Crippen LogP contribution is 2.29. The zero-order valence-electron chi connectivity index (χ0n) is 9.70. The predicted octanol–water partition coefficient (Wildman–Crippen LogP) is 3.73. The molecule has 17 heavy (non-hydrogen) atoms. The fourth-order valence-electron chi connectivity index (χ4n) is 1.45. The molecular weight excluding hydrogens is 236 g/mol. The maximum atomic E-state index is 5.81. The van der Waals surface area contributed by atoms with E-state index in [9.17, 15) is 0 Å². The normalized spacial score (nSPS) is 10.3. The summed E-state index contributed by atoms with van der Waals surface area (Å²) in [6, 6.07) is 9.14. The van der Waals surface area contributed by atoms with Gasteiger partial charge in [-0.15, -0.1) is 0 Å². The zero-order valence-corrected chi connectivity index (χ0v) is 10.5. The van der Waals surface area contributed by atoms with Crippen molar-refractivity contribution in [2.24, 2.45) is 0 Å². The highest BCUT2D eigenvalue weighted by Gasteiger charge is 2.08. The van der Waals surface area contributed by atoms with Crippen molar-refractivity contribution in [3.63, 3.8) is 0 Å². The quantitative estimate of drug-likeness (QED) is 0.824. The second-order valence-electron chi connectivity index (χ2n) is 3.83. The fourth-order valence-corrected chi connectivity index (χ4v) is 1.59. The van der Waals surface area contributed by atoms with Crippen LogP contribution in [0.2, 0.25) is 5.15 Å². The first-order valence-electron chi connectivity index (χ1n) is 5.24. The van der Waals surface area contributed by atoms with Crippen LogP contribution in [-0.2, 0) is 0 Å². The van der Waals surface area contributed by atoms with Crippen molar-refractivity contribution in [2.45, 2.75) is 13.8 Å². The van der Waals surface area contributed by atoms with Gasteiger partial charge in [-0.05, 0) is 43.2 Å². The molecule has 1 aromatic carbocycles. The minimum absolute atomic E-state index is 0.339. The van der Waals surface area contributed by atoms with Gasteiger partial charge in [0.15, 0.2) is 0 Å². The molecule has 0 radical (unpaired) electrons. The first-order valence-corrected chi connectivity index (χ1v) is 5.62. The smallest absolute Gasteiger partial charge is 0.244 e. The molecular formula is C13H13ClN2O. The van der Waals surface area contributed by atoms with Crippen molar-refractivity contribution >= 4 is 17.3 Å². The summed E-state index contributed by atoms with van der Waals surface area (Å²) in [5.74, 6) is 1.08. The summed E-state index contributed by atoms with van der Waals surface area (Å²) in [6.45, 7) is 4.02. The number of halogens is 1. The van der Waals surface area contributed by atoms with Crippen LogP contribution in [0.5, 0.6) is 11.6 Å². The molecule has 0 aliphatic carbocycles. The van der Waals surface area contributed by atoms with Gasteiger partial charge in [-0.2, -0.15) is 4.98 Å². The number of rotatable bonds is 2. The number of hydrogen-bond acceptors (Lipinski definition) is 3. The van der Waals surface area contributed by atoms with Crippen LogP contribution in [-0.4, -0.2) is 4.98 Å². The van der Waals surface area contributed by atoms with Crippen molar-refractivity contribution in [1.82, 2.24) is 4.98 Å². The van der Waals surface area contributed by atoms with Crippen LogP contribution in [0.4, 0.5) is 5.69 Å². The number of pyridine rings is 1. The molecule has 0 spiro atoms. The van der Waals surface area contributed by atoms with Gasteiger partial charge in [0.2, 0.25) is 5.88 Å². The van der Waals surface area contributed by atoms with E-state index in [1.165, 1.54) is 0 Å². The summed E-state index contributed by atoms with van der Waals surface area (Å²) in [5, 5.41) is 0.361. The Kier molecular flexibility index (Phi) is 3.20. The van der Waals surface area contributed by atoms with Gasteiger partial charge in [0.25, 0.3) is 0 Å². The second kappa shape index (κ2) is 4.63. The SMILES string of the molecule is Cc1cccc(Oc2nc(Cl)ccc2N)c1C. The third kappa shape index (κ3) is 2.50. The van der Waals surface area contributed by atoms with Crippen molar-refractivity contribution in [3.8, 4) is 11.6 Å². The average molecular weight is 249 g/mol. The van der Waals surface area contributed by atoms with E-state index in [0.29, 0.717) is 16.7 Å². The Morgan fingerprint density at radius 1 is 1.18 bits per heavy atom. The van der Waals surface area contributed by atoms with Gasteiger partial charge in [-0.25, -0.2) is 0 Å². The molecule has 0 amide bonds. The lowest BCUT2D eigenvalue weighted by Crippen LogP contribution is -1.97. The Hall–Kier alpha value is -1.74. The second-order valence-corrected chi connectivity index (χ2v) is 4.22. The van der Waals surface area contributed by atoms with E-state index in [1.54, 1.807) is 12.1 Å². The Morgan fingerprint density at radius 2 is 1.94 bits per heavy atom. The topological polar surface area (TPSA) is 48.1 Å². The molecule has 0 aliphatic rings. The first kappa shape index (κ1) is 11.7. The van der Waals surface area contributed by atoms with E-state index in [-0.39, 0.29) is 0 Å². The Morgan fingerprint density at radius 3 is 2.71 bits per heavy atom. The van der Waals surface area contributed by atoms with Crippen molar-refractivity contribution < 1.29 is 4.74 Å². The summed E-state index contributed by atoms with van der Waals surface area (Å²) in [5.41, 5.74) is 8.47. The van der Waals surface area contributed by atoms with Gasteiger partial charge in [-0.1, -0.05) is 23.7 Å². The van der Waals surface area contributed by atoms with Crippen LogP contribution in [0, 0.1) is 13.8 Å². The van der Waals surface area contributed by atoms with Gasteiger partial charge >= 0.3 is 0 Å². The molecule has 0 unspecified atom stereocenters. The molecule has 0 saturated heterocycles. The molecule has 0 atom stereocenters. The van der Waals surface area contributed by atoms with E-state index in [0.717, 1.165) is 16.9 Å². The Balaban J connectivity index is 2.38. The van der Waals surface area contributed by atoms with Crippen LogP contribution in [0.3, 0.4) is 0 Å². The summed E-state index contributed by atoms with van der Waals surface area (Å²) in [6.07, 6.45) is 0. The lowest BCUT2D eigenvalue weighted by atomic mass is 10.1.